The van der Waals surface area contributed by atoms with Crippen LogP contribution in [0.25, 0.3) is 10.8 Å². The van der Waals surface area contributed by atoms with Gasteiger partial charge in [0, 0.05) is 25.8 Å². The zero-order valence-electron chi connectivity index (χ0n) is 10.1. The van der Waals surface area contributed by atoms with E-state index in [4.69, 9.17) is 0 Å². The van der Waals surface area contributed by atoms with Crippen molar-refractivity contribution in [1.82, 2.24) is 0 Å². The van der Waals surface area contributed by atoms with Crippen molar-refractivity contribution in [3.05, 3.63) is 78.9 Å². The van der Waals surface area contributed by atoms with E-state index in [1.165, 1.54) is 10.8 Å². The van der Waals surface area contributed by atoms with Crippen molar-refractivity contribution < 1.29 is 76.8 Å². The Morgan fingerprint density at radius 2 is 1.37 bits per heavy atom. The molecule has 3 aromatic rings. The SMILES string of the molecule is [Br-].[Br-].[Br-].[Hf].[c-]1ccccc1.c1ccc2[cH-]ccc2c1. The molecule has 102 valence electrons. The number of hydrogen-bond donors (Lipinski definition) is 0. The first kappa shape index (κ1) is 24.4. The van der Waals surface area contributed by atoms with Crippen molar-refractivity contribution in [2.75, 3.05) is 0 Å². The second-order valence-corrected chi connectivity index (χ2v) is 3.23. The third-order valence-electron chi connectivity index (χ3n) is 2.15. The maximum Gasteiger partial charge on any atom is 0 e. The quantitative estimate of drug-likeness (QED) is 0.177. The fraction of sp³-hybridized carbons (Fsp3) is 0. The number of rotatable bonds is 0. The summed E-state index contributed by atoms with van der Waals surface area (Å²) in [7, 11) is 0. The molecule has 0 saturated carbocycles. The minimum atomic E-state index is 0. The monoisotopic (exact) mass is 609 g/mol. The fourth-order valence-electron chi connectivity index (χ4n) is 1.41. The molecule has 4 heteroatoms. The van der Waals surface area contributed by atoms with Gasteiger partial charge in [-0.15, -0.1) is 29.7 Å². The Labute approximate surface area is 165 Å². The van der Waals surface area contributed by atoms with Crippen LogP contribution in [-0.2, 0) is 25.8 Å². The van der Waals surface area contributed by atoms with Crippen LogP contribution in [0.4, 0.5) is 0 Å². The van der Waals surface area contributed by atoms with Crippen LogP contribution >= 0.6 is 0 Å². The average molecular weight is 610 g/mol. The first-order valence-corrected chi connectivity index (χ1v) is 4.98. The van der Waals surface area contributed by atoms with E-state index in [-0.39, 0.29) is 76.8 Å². The third-order valence-corrected chi connectivity index (χ3v) is 2.15. The van der Waals surface area contributed by atoms with E-state index in [2.05, 4.69) is 48.5 Å². The minimum absolute atomic E-state index is 0. The summed E-state index contributed by atoms with van der Waals surface area (Å²) in [6.45, 7) is 0. The second kappa shape index (κ2) is 14.8. The molecule has 0 bridgehead atoms. The summed E-state index contributed by atoms with van der Waals surface area (Å²) in [6, 6.07) is 27.2. The van der Waals surface area contributed by atoms with Crippen molar-refractivity contribution in [2.24, 2.45) is 0 Å². The summed E-state index contributed by atoms with van der Waals surface area (Å²) in [5, 5.41) is 2.66. The van der Waals surface area contributed by atoms with Crippen LogP contribution in [0.5, 0.6) is 0 Å². The van der Waals surface area contributed by atoms with Gasteiger partial charge in [0.25, 0.3) is 0 Å². The van der Waals surface area contributed by atoms with Crippen LogP contribution in [-0.4, -0.2) is 0 Å². The van der Waals surface area contributed by atoms with Gasteiger partial charge in [0.2, 0.25) is 0 Å². The molecule has 0 aliphatic heterocycles. The van der Waals surface area contributed by atoms with E-state index >= 15 is 0 Å². The zero-order valence-corrected chi connectivity index (χ0v) is 18.4. The van der Waals surface area contributed by atoms with Gasteiger partial charge in [-0.25, -0.2) is 0 Å². The van der Waals surface area contributed by atoms with Gasteiger partial charge in [0.05, 0.1) is 0 Å². The molecule has 3 rings (SSSR count). The molecule has 0 aromatic heterocycles. The van der Waals surface area contributed by atoms with Crippen molar-refractivity contribution in [2.45, 2.75) is 0 Å². The number of fused-ring (bicyclic) bond motifs is 1. The molecule has 0 atom stereocenters. The first-order chi connectivity index (χ1) is 7.47. The Morgan fingerprint density at radius 3 is 1.84 bits per heavy atom. The normalized spacial score (nSPS) is 7.37. The summed E-state index contributed by atoms with van der Waals surface area (Å²) in [4.78, 5) is 0. The van der Waals surface area contributed by atoms with Crippen molar-refractivity contribution >= 4 is 10.8 Å². The molecule has 19 heavy (non-hydrogen) atoms. The number of halogens is 3. The van der Waals surface area contributed by atoms with E-state index in [1.807, 2.05) is 30.3 Å². The van der Waals surface area contributed by atoms with Crippen molar-refractivity contribution in [3.8, 4) is 0 Å². The molecule has 0 N–H and O–H groups in total. The molecule has 0 fully saturated rings. The molecule has 0 amide bonds. The Morgan fingerprint density at radius 1 is 0.737 bits per heavy atom. The third kappa shape index (κ3) is 9.01. The Hall–Kier alpha value is 0.360. The molecule has 0 unspecified atom stereocenters. The van der Waals surface area contributed by atoms with E-state index in [0.29, 0.717) is 0 Å². The van der Waals surface area contributed by atoms with Crippen molar-refractivity contribution in [3.63, 3.8) is 0 Å². The van der Waals surface area contributed by atoms with Crippen LogP contribution in [0.2, 0.25) is 0 Å². The number of hydrogen-bond acceptors (Lipinski definition) is 0. The van der Waals surface area contributed by atoms with E-state index in [1.54, 1.807) is 0 Å². The average Bonchev–Trinajstić information content (AvgIpc) is 2.80. The maximum absolute atomic E-state index is 2.89. The van der Waals surface area contributed by atoms with Crippen molar-refractivity contribution in [1.29, 1.82) is 0 Å². The standard InChI is InChI=1S/C9H7.C6H5.3BrH.Hf/c1-2-5-9-7-3-6-8(9)4-1;1-2-4-6-5-3-1;;;;/h1-7H;1-5H;3*1H;/q2*-1;;;;/p-3. The van der Waals surface area contributed by atoms with Gasteiger partial charge in [-0.2, -0.15) is 53.9 Å². The van der Waals surface area contributed by atoms with E-state index in [9.17, 15) is 0 Å². The van der Waals surface area contributed by atoms with Gasteiger partial charge in [0.1, 0.15) is 0 Å². The van der Waals surface area contributed by atoms with Crippen LogP contribution in [0.1, 0.15) is 0 Å². The van der Waals surface area contributed by atoms with E-state index < -0.39 is 0 Å². The molecule has 0 spiro atoms. The predicted molar refractivity (Wildman–Crippen MR) is 64.8 cm³/mol. The number of benzene rings is 2. The smallest absolute Gasteiger partial charge is 0 e. The molecular weight excluding hydrogens is 598 g/mol. The summed E-state index contributed by atoms with van der Waals surface area (Å²) in [6.07, 6.45) is 0. The molecular formula is C15H12Br3Hf-5. The topological polar surface area (TPSA) is 0 Å². The van der Waals surface area contributed by atoms with Crippen LogP contribution < -0.4 is 50.9 Å². The fourth-order valence-corrected chi connectivity index (χ4v) is 1.41. The molecule has 3 aromatic carbocycles. The van der Waals surface area contributed by atoms with Gasteiger partial charge >= 0.3 is 0 Å². The minimum Gasteiger partial charge on any atom is -1.00 e. The van der Waals surface area contributed by atoms with Gasteiger partial charge < -0.3 is 50.9 Å². The summed E-state index contributed by atoms with van der Waals surface area (Å²) >= 11 is 0. The van der Waals surface area contributed by atoms with Gasteiger partial charge in [-0.3, -0.25) is 0 Å². The Kier molecular flexibility index (Phi) is 18.9. The summed E-state index contributed by atoms with van der Waals surface area (Å²) in [5.41, 5.74) is 0. The van der Waals surface area contributed by atoms with Gasteiger partial charge in [-0.1, -0.05) is 6.07 Å². The van der Waals surface area contributed by atoms with Crippen LogP contribution in [0, 0.1) is 6.07 Å². The van der Waals surface area contributed by atoms with Crippen LogP contribution in [0.15, 0.2) is 72.8 Å². The van der Waals surface area contributed by atoms with Crippen LogP contribution in [0.3, 0.4) is 0 Å². The summed E-state index contributed by atoms with van der Waals surface area (Å²) < 4.78 is 0. The van der Waals surface area contributed by atoms with Gasteiger partial charge in [0.15, 0.2) is 0 Å². The second-order valence-electron chi connectivity index (χ2n) is 3.23. The molecule has 0 nitrogen and oxygen atoms in total. The maximum atomic E-state index is 2.89. The Balaban J connectivity index is -0.000000234. The largest absolute Gasteiger partial charge is 1.00 e. The molecule has 0 saturated heterocycles. The molecule has 0 radical (unpaired) electrons. The first-order valence-electron chi connectivity index (χ1n) is 4.98. The molecule has 0 aliphatic rings. The van der Waals surface area contributed by atoms with E-state index in [0.717, 1.165) is 0 Å². The summed E-state index contributed by atoms with van der Waals surface area (Å²) in [5.74, 6) is 0. The zero-order chi connectivity index (χ0) is 10.3. The molecule has 0 aliphatic carbocycles. The van der Waals surface area contributed by atoms with Gasteiger partial charge in [-0.05, 0) is 0 Å². The molecule has 0 heterocycles. The Bertz CT molecular complexity index is 452. The predicted octanol–water partition coefficient (Wildman–Crippen LogP) is -4.95.